The van der Waals surface area contributed by atoms with Crippen molar-refractivity contribution in [3.8, 4) is 6.07 Å². The zero-order valence-electron chi connectivity index (χ0n) is 6.62. The van der Waals surface area contributed by atoms with Crippen molar-refractivity contribution in [3.05, 3.63) is 0 Å². The van der Waals surface area contributed by atoms with E-state index in [0.29, 0.717) is 17.8 Å². The molecule has 1 aliphatic heterocycles. The molecule has 0 aromatic heterocycles. The highest BCUT2D eigenvalue weighted by Crippen LogP contribution is 2.42. The van der Waals surface area contributed by atoms with Crippen LogP contribution in [-0.4, -0.2) is 13.2 Å². The molecular weight excluding hydrogens is 138 g/mol. The minimum atomic E-state index is 0.661. The van der Waals surface area contributed by atoms with Crippen LogP contribution in [0.1, 0.15) is 19.3 Å². The molecule has 0 N–H and O–H groups in total. The molecule has 0 radical (unpaired) electrons. The number of fused-ring (bicyclic) bond motifs is 2. The van der Waals surface area contributed by atoms with Crippen molar-refractivity contribution in [2.75, 3.05) is 13.2 Å². The summed E-state index contributed by atoms with van der Waals surface area (Å²) in [5.41, 5.74) is 0. The second-order valence-electron chi connectivity index (χ2n) is 3.66. The Kier molecular flexibility index (Phi) is 1.83. The maximum atomic E-state index is 8.59. The Morgan fingerprint density at radius 1 is 1.27 bits per heavy atom. The molecule has 0 aromatic carbocycles. The second-order valence-corrected chi connectivity index (χ2v) is 3.66. The summed E-state index contributed by atoms with van der Waals surface area (Å²) in [6, 6.07) is 2.28. The summed E-state index contributed by atoms with van der Waals surface area (Å²) in [4.78, 5) is 0. The summed E-state index contributed by atoms with van der Waals surface area (Å²) in [7, 11) is 0. The molecule has 11 heavy (non-hydrogen) atoms. The van der Waals surface area contributed by atoms with Gasteiger partial charge in [0.05, 0.1) is 6.07 Å². The lowest BCUT2D eigenvalue weighted by molar-refractivity contribution is 0.00902. The van der Waals surface area contributed by atoms with Gasteiger partial charge in [0, 0.05) is 19.6 Å². The Hall–Kier alpha value is -0.550. The van der Waals surface area contributed by atoms with E-state index >= 15 is 0 Å². The molecule has 2 nitrogen and oxygen atoms in total. The van der Waals surface area contributed by atoms with E-state index in [9.17, 15) is 0 Å². The minimum absolute atomic E-state index is 0.661. The molecule has 2 atom stereocenters. The van der Waals surface area contributed by atoms with Crippen LogP contribution in [0.15, 0.2) is 0 Å². The van der Waals surface area contributed by atoms with Gasteiger partial charge in [0.25, 0.3) is 0 Å². The van der Waals surface area contributed by atoms with Gasteiger partial charge in [-0.05, 0) is 30.6 Å². The fourth-order valence-corrected chi connectivity index (χ4v) is 2.46. The normalized spacial score (nSPS) is 41.9. The molecular formula is C9H13NO. The molecule has 1 saturated heterocycles. The highest BCUT2D eigenvalue weighted by Gasteiger charge is 2.39. The molecule has 0 spiro atoms. The number of nitrogens with zero attached hydrogens (tertiary/aromatic N) is 1. The molecule has 2 rings (SSSR count). The van der Waals surface area contributed by atoms with Gasteiger partial charge in [0.1, 0.15) is 0 Å². The first-order valence-corrected chi connectivity index (χ1v) is 4.36. The quantitative estimate of drug-likeness (QED) is 0.570. The third kappa shape index (κ3) is 1.14. The Bertz CT molecular complexity index is 168. The Balaban J connectivity index is 2.04. The van der Waals surface area contributed by atoms with Crippen molar-refractivity contribution in [3.63, 3.8) is 0 Å². The third-order valence-corrected chi connectivity index (χ3v) is 3.11. The summed E-state index contributed by atoms with van der Waals surface area (Å²) < 4.78 is 5.42. The number of hydrogen-bond donors (Lipinski definition) is 0. The molecule has 60 valence electrons. The van der Waals surface area contributed by atoms with Crippen molar-refractivity contribution >= 4 is 0 Å². The van der Waals surface area contributed by atoms with E-state index < -0.39 is 0 Å². The maximum absolute atomic E-state index is 8.59. The number of rotatable bonds is 1. The summed E-state index contributed by atoms with van der Waals surface area (Å²) in [6.45, 7) is 1.81. The van der Waals surface area contributed by atoms with Crippen molar-refractivity contribution in [2.45, 2.75) is 19.3 Å². The largest absolute Gasteiger partial charge is 0.381 e. The maximum Gasteiger partial charge on any atom is 0.0624 e. The predicted molar refractivity (Wildman–Crippen MR) is 40.8 cm³/mol. The molecule has 2 fully saturated rings. The van der Waals surface area contributed by atoms with Crippen LogP contribution in [0.2, 0.25) is 0 Å². The summed E-state index contributed by atoms with van der Waals surface area (Å²) in [5.74, 6) is 2.07. The Labute approximate surface area is 67.2 Å². The number of nitriles is 1. The van der Waals surface area contributed by atoms with Crippen molar-refractivity contribution in [1.29, 1.82) is 5.26 Å². The summed E-state index contributed by atoms with van der Waals surface area (Å²) in [6.07, 6.45) is 3.33. The third-order valence-electron chi connectivity index (χ3n) is 3.11. The molecule has 1 saturated carbocycles. The van der Waals surface area contributed by atoms with Gasteiger partial charge in [-0.3, -0.25) is 0 Å². The van der Waals surface area contributed by atoms with Crippen LogP contribution in [-0.2, 0) is 4.74 Å². The van der Waals surface area contributed by atoms with E-state index in [1.165, 1.54) is 12.8 Å². The van der Waals surface area contributed by atoms with E-state index in [-0.39, 0.29) is 0 Å². The lowest BCUT2D eigenvalue weighted by atomic mass is 9.86. The van der Waals surface area contributed by atoms with Crippen molar-refractivity contribution in [2.24, 2.45) is 17.8 Å². The van der Waals surface area contributed by atoms with Gasteiger partial charge in [0.15, 0.2) is 0 Å². The standard InChI is InChI=1S/C9H13NO/c10-4-3-9-7-1-2-8(9)6-11-5-7/h7-9H,1-3,5-6H2. The minimum Gasteiger partial charge on any atom is -0.381 e. The van der Waals surface area contributed by atoms with Gasteiger partial charge in [-0.15, -0.1) is 0 Å². The van der Waals surface area contributed by atoms with Crippen molar-refractivity contribution < 1.29 is 4.74 Å². The monoisotopic (exact) mass is 151 g/mol. The topological polar surface area (TPSA) is 33.0 Å². The van der Waals surface area contributed by atoms with E-state index in [4.69, 9.17) is 10.00 Å². The summed E-state index contributed by atoms with van der Waals surface area (Å²) >= 11 is 0. The zero-order valence-corrected chi connectivity index (χ0v) is 6.62. The van der Waals surface area contributed by atoms with Crippen LogP contribution in [0.4, 0.5) is 0 Å². The first kappa shape index (κ1) is 7.12. The zero-order chi connectivity index (χ0) is 7.68. The van der Waals surface area contributed by atoms with Crippen LogP contribution in [0, 0.1) is 29.1 Å². The Morgan fingerprint density at radius 3 is 2.45 bits per heavy atom. The summed E-state index contributed by atoms with van der Waals surface area (Å²) in [5, 5.41) is 8.59. The predicted octanol–water partition coefficient (Wildman–Crippen LogP) is 1.57. The average Bonchev–Trinajstić information content (AvgIpc) is 2.30. The smallest absolute Gasteiger partial charge is 0.0624 e. The van der Waals surface area contributed by atoms with Gasteiger partial charge in [0.2, 0.25) is 0 Å². The van der Waals surface area contributed by atoms with Gasteiger partial charge >= 0.3 is 0 Å². The van der Waals surface area contributed by atoms with Crippen LogP contribution >= 0.6 is 0 Å². The van der Waals surface area contributed by atoms with Crippen molar-refractivity contribution in [1.82, 2.24) is 0 Å². The number of hydrogen-bond acceptors (Lipinski definition) is 2. The van der Waals surface area contributed by atoms with Crippen LogP contribution < -0.4 is 0 Å². The SMILES string of the molecule is N#CCC1C2CCC1COC2. The van der Waals surface area contributed by atoms with Gasteiger partial charge in [-0.2, -0.15) is 5.26 Å². The van der Waals surface area contributed by atoms with Crippen LogP contribution in [0.25, 0.3) is 0 Å². The molecule has 1 aliphatic carbocycles. The number of ether oxygens (including phenoxy) is 1. The first-order chi connectivity index (χ1) is 5.42. The molecule has 0 amide bonds. The van der Waals surface area contributed by atoms with Gasteiger partial charge in [-0.1, -0.05) is 0 Å². The van der Waals surface area contributed by atoms with E-state index in [1.807, 2.05) is 0 Å². The second kappa shape index (κ2) is 2.83. The fourth-order valence-electron chi connectivity index (χ4n) is 2.46. The molecule has 0 aromatic rings. The highest BCUT2D eigenvalue weighted by atomic mass is 16.5. The van der Waals surface area contributed by atoms with E-state index in [2.05, 4.69) is 6.07 Å². The van der Waals surface area contributed by atoms with Crippen LogP contribution in [0.5, 0.6) is 0 Å². The molecule has 2 heteroatoms. The highest BCUT2D eigenvalue weighted by molar-refractivity contribution is 4.92. The Morgan fingerprint density at radius 2 is 1.91 bits per heavy atom. The molecule has 2 aliphatic rings. The lowest BCUT2D eigenvalue weighted by Gasteiger charge is -2.27. The first-order valence-electron chi connectivity index (χ1n) is 4.36. The fraction of sp³-hybridized carbons (Fsp3) is 0.889. The average molecular weight is 151 g/mol. The molecule has 2 bridgehead atoms. The van der Waals surface area contributed by atoms with E-state index in [0.717, 1.165) is 19.6 Å². The molecule has 2 unspecified atom stereocenters. The van der Waals surface area contributed by atoms with Crippen LogP contribution in [0.3, 0.4) is 0 Å². The van der Waals surface area contributed by atoms with Gasteiger partial charge < -0.3 is 4.74 Å². The van der Waals surface area contributed by atoms with E-state index in [1.54, 1.807) is 0 Å². The lowest BCUT2D eigenvalue weighted by Crippen LogP contribution is -2.28. The van der Waals surface area contributed by atoms with Gasteiger partial charge in [-0.25, -0.2) is 0 Å². The molecule has 1 heterocycles.